The molecule has 4 rings (SSSR count). The van der Waals surface area contributed by atoms with Crippen molar-refractivity contribution in [2.75, 3.05) is 25.3 Å². The number of nitrogen functional groups attached to an aromatic ring is 1. The highest BCUT2D eigenvalue weighted by molar-refractivity contribution is 7.90. The summed E-state index contributed by atoms with van der Waals surface area (Å²) in [6.07, 6.45) is 1.92. The van der Waals surface area contributed by atoms with Crippen molar-refractivity contribution < 1.29 is 22.7 Å². The lowest BCUT2D eigenvalue weighted by Gasteiger charge is -2.17. The number of aromatic amines is 1. The molecule has 1 aromatic heterocycles. The van der Waals surface area contributed by atoms with Gasteiger partial charge >= 0.3 is 0 Å². The zero-order valence-electron chi connectivity index (χ0n) is 19.7. The Balaban J connectivity index is 1.61. The Morgan fingerprint density at radius 1 is 1.08 bits per heavy atom. The van der Waals surface area contributed by atoms with E-state index < -0.39 is 15.9 Å². The molecule has 8 nitrogen and oxygen atoms in total. The minimum atomic E-state index is -4.20. The first-order valence-corrected chi connectivity index (χ1v) is 13.2. The molecule has 1 heterocycles. The molecule has 0 aliphatic heterocycles. The highest BCUT2D eigenvalue weighted by Crippen LogP contribution is 2.36. The number of methoxy groups -OCH3 is 1. The van der Waals surface area contributed by atoms with Gasteiger partial charge in [0.2, 0.25) is 0 Å². The molecule has 0 saturated carbocycles. The number of carbonyl (C=O) groups is 1. The first-order chi connectivity index (χ1) is 17.2. The molecule has 0 fully saturated rings. The van der Waals surface area contributed by atoms with E-state index in [4.69, 9.17) is 26.8 Å². The molecule has 0 saturated heterocycles. The largest absolute Gasteiger partial charge is 0.496 e. The standard InChI is InChI=1S/C26H26ClN3O5S/c1-16(21-15-29-22-10-8-18(28)14-20(21)22)19-9-7-17(13-24(19)34-2)26(31)30-36(32,33)25-6-4-3-5-23(25)35-12-11-27/h3-10,13-16,29H,11-12,28H2,1-2H3,(H,30,31). The van der Waals surface area contributed by atoms with Crippen LogP contribution in [0.1, 0.15) is 34.3 Å². The first-order valence-electron chi connectivity index (χ1n) is 11.1. The lowest BCUT2D eigenvalue weighted by molar-refractivity contribution is 0.0981. The Morgan fingerprint density at radius 3 is 2.61 bits per heavy atom. The second-order valence-corrected chi connectivity index (χ2v) is 10.2. The number of aromatic nitrogens is 1. The zero-order valence-corrected chi connectivity index (χ0v) is 21.3. The Bertz CT molecular complexity index is 1520. The zero-order chi connectivity index (χ0) is 25.9. The second-order valence-electron chi connectivity index (χ2n) is 8.15. The van der Waals surface area contributed by atoms with E-state index in [-0.39, 0.29) is 34.6 Å². The fourth-order valence-electron chi connectivity index (χ4n) is 4.07. The molecule has 36 heavy (non-hydrogen) atoms. The van der Waals surface area contributed by atoms with Crippen molar-refractivity contribution >= 4 is 44.1 Å². The Labute approximate surface area is 214 Å². The predicted octanol–water partition coefficient (Wildman–Crippen LogP) is 4.65. The molecule has 0 aliphatic rings. The van der Waals surface area contributed by atoms with Crippen molar-refractivity contribution in [1.29, 1.82) is 0 Å². The van der Waals surface area contributed by atoms with Crippen LogP contribution in [0.5, 0.6) is 11.5 Å². The molecule has 0 aliphatic carbocycles. The summed E-state index contributed by atoms with van der Waals surface area (Å²) in [5.41, 5.74) is 9.58. The van der Waals surface area contributed by atoms with E-state index >= 15 is 0 Å². The van der Waals surface area contributed by atoms with Crippen LogP contribution in [0, 0.1) is 0 Å². The van der Waals surface area contributed by atoms with Gasteiger partial charge in [-0.3, -0.25) is 4.79 Å². The van der Waals surface area contributed by atoms with Crippen LogP contribution in [0.15, 0.2) is 71.8 Å². The number of amides is 1. The number of hydrogen-bond acceptors (Lipinski definition) is 6. The van der Waals surface area contributed by atoms with Crippen LogP contribution < -0.4 is 19.9 Å². The van der Waals surface area contributed by atoms with Gasteiger partial charge in [0.05, 0.1) is 13.0 Å². The third-order valence-electron chi connectivity index (χ3n) is 5.87. The molecule has 188 valence electrons. The lowest BCUT2D eigenvalue weighted by Crippen LogP contribution is -2.31. The minimum absolute atomic E-state index is 0.0951. The number of alkyl halides is 1. The van der Waals surface area contributed by atoms with Crippen LogP contribution in [0.4, 0.5) is 5.69 Å². The predicted molar refractivity (Wildman–Crippen MR) is 141 cm³/mol. The van der Waals surface area contributed by atoms with Gasteiger partial charge in [-0.15, -0.1) is 11.6 Å². The molecule has 0 bridgehead atoms. The molecule has 4 aromatic rings. The van der Waals surface area contributed by atoms with Crippen LogP contribution in [0.2, 0.25) is 0 Å². The number of hydrogen-bond donors (Lipinski definition) is 3. The van der Waals surface area contributed by atoms with Crippen molar-refractivity contribution in [2.45, 2.75) is 17.7 Å². The maximum Gasteiger partial charge on any atom is 0.268 e. The van der Waals surface area contributed by atoms with Crippen LogP contribution in [0.3, 0.4) is 0 Å². The number of anilines is 1. The summed E-state index contributed by atoms with van der Waals surface area (Å²) >= 11 is 5.65. The normalized spacial score (nSPS) is 12.3. The molecule has 1 atom stereocenters. The van der Waals surface area contributed by atoms with E-state index in [1.165, 1.54) is 25.3 Å². The summed E-state index contributed by atoms with van der Waals surface area (Å²) in [6, 6.07) is 16.6. The average Bonchev–Trinajstić information content (AvgIpc) is 3.29. The van der Waals surface area contributed by atoms with E-state index in [0.717, 1.165) is 22.0 Å². The van der Waals surface area contributed by atoms with E-state index in [9.17, 15) is 13.2 Å². The van der Waals surface area contributed by atoms with Gasteiger partial charge in [-0.25, -0.2) is 13.1 Å². The van der Waals surface area contributed by atoms with Crippen molar-refractivity contribution in [1.82, 2.24) is 9.71 Å². The highest BCUT2D eigenvalue weighted by atomic mass is 35.5. The smallest absolute Gasteiger partial charge is 0.268 e. The molecule has 10 heteroatoms. The fraction of sp³-hybridized carbons (Fsp3) is 0.192. The quantitative estimate of drug-likeness (QED) is 0.215. The number of para-hydroxylation sites is 1. The maximum absolute atomic E-state index is 12.9. The van der Waals surface area contributed by atoms with Gasteiger partial charge in [-0.1, -0.05) is 25.1 Å². The van der Waals surface area contributed by atoms with E-state index in [1.807, 2.05) is 31.3 Å². The van der Waals surface area contributed by atoms with Gasteiger partial charge in [0.15, 0.2) is 0 Å². The van der Waals surface area contributed by atoms with Crippen molar-refractivity contribution in [3.8, 4) is 11.5 Å². The molecule has 0 radical (unpaired) electrons. The Kier molecular flexibility index (Phi) is 7.42. The molecular formula is C26H26ClN3O5S. The monoisotopic (exact) mass is 527 g/mol. The number of benzene rings is 3. The Morgan fingerprint density at radius 2 is 1.86 bits per heavy atom. The van der Waals surface area contributed by atoms with Crippen LogP contribution in [-0.4, -0.2) is 38.9 Å². The summed E-state index contributed by atoms with van der Waals surface area (Å²) in [7, 11) is -2.70. The number of ether oxygens (including phenoxy) is 2. The minimum Gasteiger partial charge on any atom is -0.496 e. The number of sulfonamides is 1. The lowest BCUT2D eigenvalue weighted by atomic mass is 9.91. The summed E-state index contributed by atoms with van der Waals surface area (Å²) in [5.74, 6) is -0.130. The summed E-state index contributed by atoms with van der Waals surface area (Å²) < 4.78 is 39.0. The number of carbonyl (C=O) groups excluding carboxylic acids is 1. The molecule has 1 amide bonds. The highest BCUT2D eigenvalue weighted by Gasteiger charge is 2.24. The third-order valence-corrected chi connectivity index (χ3v) is 7.39. The van der Waals surface area contributed by atoms with E-state index in [0.29, 0.717) is 11.4 Å². The molecule has 3 aromatic carbocycles. The number of nitrogens with two attached hydrogens (primary N) is 1. The van der Waals surface area contributed by atoms with Crippen molar-refractivity contribution in [2.24, 2.45) is 0 Å². The van der Waals surface area contributed by atoms with Gasteiger partial charge in [0, 0.05) is 39.8 Å². The molecule has 0 spiro atoms. The van der Waals surface area contributed by atoms with Gasteiger partial charge in [0.25, 0.3) is 15.9 Å². The Hall–Kier alpha value is -3.69. The first kappa shape index (κ1) is 25.4. The van der Waals surface area contributed by atoms with Gasteiger partial charge in [0.1, 0.15) is 23.0 Å². The van der Waals surface area contributed by atoms with E-state index in [2.05, 4.69) is 9.71 Å². The number of H-pyrrole nitrogens is 1. The summed E-state index contributed by atoms with van der Waals surface area (Å²) in [6.45, 7) is 2.15. The molecular weight excluding hydrogens is 502 g/mol. The summed E-state index contributed by atoms with van der Waals surface area (Å²) in [5, 5.41) is 0.993. The van der Waals surface area contributed by atoms with Gasteiger partial charge in [-0.2, -0.15) is 0 Å². The van der Waals surface area contributed by atoms with Gasteiger partial charge < -0.3 is 20.2 Å². The fourth-order valence-corrected chi connectivity index (χ4v) is 5.27. The number of rotatable bonds is 9. The van der Waals surface area contributed by atoms with Crippen LogP contribution in [-0.2, 0) is 10.0 Å². The SMILES string of the molecule is COc1cc(C(=O)NS(=O)(=O)c2ccccc2OCCCl)ccc1C(C)c1c[nH]c2ccc(N)cc12. The van der Waals surface area contributed by atoms with Crippen LogP contribution >= 0.6 is 11.6 Å². The molecule has 1 unspecified atom stereocenters. The third kappa shape index (κ3) is 5.12. The van der Waals surface area contributed by atoms with E-state index in [1.54, 1.807) is 24.3 Å². The maximum atomic E-state index is 12.9. The number of nitrogens with one attached hydrogen (secondary N) is 2. The number of halogens is 1. The van der Waals surface area contributed by atoms with Crippen molar-refractivity contribution in [3.63, 3.8) is 0 Å². The topological polar surface area (TPSA) is 124 Å². The average molecular weight is 528 g/mol. The second kappa shape index (κ2) is 10.5. The van der Waals surface area contributed by atoms with Crippen LogP contribution in [0.25, 0.3) is 10.9 Å². The van der Waals surface area contributed by atoms with Crippen molar-refractivity contribution in [3.05, 3.63) is 83.6 Å². The number of fused-ring (bicyclic) bond motifs is 1. The van der Waals surface area contributed by atoms with Gasteiger partial charge in [-0.05, 0) is 48.0 Å². The molecule has 4 N–H and O–H groups in total. The summed E-state index contributed by atoms with van der Waals surface area (Å²) in [4.78, 5) is 16.0.